The molecule has 0 saturated carbocycles. The molecule has 0 spiro atoms. The summed E-state index contributed by atoms with van der Waals surface area (Å²) in [5, 5.41) is 0. The second kappa shape index (κ2) is 20.8. The minimum atomic E-state index is -2.32. The van der Waals surface area contributed by atoms with Crippen molar-refractivity contribution in [2.75, 3.05) is 109 Å². The minimum Gasteiger partial charge on any atom is -0.386 e. The summed E-state index contributed by atoms with van der Waals surface area (Å²) in [4.78, 5) is 0. The monoisotopic (exact) mass is 822 g/mol. The lowest BCUT2D eigenvalue weighted by atomic mass is 9.73. The number of nitrogens with zero attached hydrogens (tertiary/aromatic N) is 4. The van der Waals surface area contributed by atoms with Crippen molar-refractivity contribution in [3.8, 4) is 0 Å². The van der Waals surface area contributed by atoms with Gasteiger partial charge in [0.2, 0.25) is 0 Å². The fourth-order valence-electron chi connectivity index (χ4n) is 10.4. The van der Waals surface area contributed by atoms with Crippen molar-refractivity contribution in [3.05, 3.63) is 0 Å². The molecule has 0 aromatic heterocycles. The Labute approximate surface area is 327 Å². The first-order chi connectivity index (χ1) is 25.4. The highest BCUT2D eigenvalue weighted by Gasteiger charge is 2.50. The molecule has 0 amide bonds. The maximum absolute atomic E-state index is 7.67. The second-order valence-corrected chi connectivity index (χ2v) is 29.7. The summed E-state index contributed by atoms with van der Waals surface area (Å²) in [6.07, 6.45) is 12.8. The summed E-state index contributed by atoms with van der Waals surface area (Å²) >= 11 is 0. The maximum atomic E-state index is 7.67. The van der Waals surface area contributed by atoms with Crippen molar-refractivity contribution in [2.24, 2.45) is 11.5 Å². The van der Waals surface area contributed by atoms with Gasteiger partial charge in [-0.05, 0) is 136 Å². The van der Waals surface area contributed by atoms with Gasteiger partial charge >= 0.3 is 34.9 Å². The van der Waals surface area contributed by atoms with Gasteiger partial charge in [0.1, 0.15) is 0 Å². The fourth-order valence-corrected chi connectivity index (χ4v) is 22.4. The average molecular weight is 823 g/mol. The lowest BCUT2D eigenvalue weighted by Gasteiger charge is -2.42. The van der Waals surface area contributed by atoms with Gasteiger partial charge in [-0.1, -0.05) is 0 Å². The van der Waals surface area contributed by atoms with E-state index in [1.165, 1.54) is 0 Å². The van der Waals surface area contributed by atoms with Crippen molar-refractivity contribution in [1.82, 2.24) is 18.3 Å². The zero-order valence-electron chi connectivity index (χ0n) is 34.9. The predicted molar refractivity (Wildman–Crippen MR) is 218 cm³/mol. The van der Waals surface area contributed by atoms with E-state index in [1.807, 2.05) is 56.9 Å². The van der Waals surface area contributed by atoms with Crippen LogP contribution in [0, 0.1) is 0 Å². The SMILES string of the molecule is CO[Si]1(OC)CCCN1CCCC(N)(CCCN1CCC[Si]1(OC)OC)CC(N)(CCCN1CCC[Si]1(OC)OC)CCCN1CCC[Si]1(OC)OC. The zero-order valence-corrected chi connectivity index (χ0v) is 38.9. The van der Waals surface area contributed by atoms with Crippen LogP contribution in [0.3, 0.4) is 0 Å². The normalized spacial score (nSPS) is 23.9. The Bertz CT molecular complexity index is 924. The minimum absolute atomic E-state index is 0.417. The molecular formula is C35H78N6O8Si4. The predicted octanol–water partition coefficient (Wildman–Crippen LogP) is 3.64. The molecule has 4 heterocycles. The molecule has 4 aliphatic rings. The Morgan fingerprint density at radius 2 is 0.604 bits per heavy atom. The van der Waals surface area contributed by atoms with Gasteiger partial charge in [-0.25, -0.2) is 0 Å². The molecule has 4 saturated heterocycles. The standard InChI is InChI=1S/C35H78N6O8Si4/c1-42-50(43-2)29-13-25-38(50)21-9-17-34(36,18-10-22-39-26-14-30-51(39,44-3)45-4)33-35(37,19-11-23-40-27-15-31-52(40,46-5)47-6)20-12-24-41-28-16-32-53(41,48-7)49-8/h9-33,36-37H2,1-8H3. The van der Waals surface area contributed by atoms with Gasteiger partial charge in [0, 0.05) is 92.1 Å². The van der Waals surface area contributed by atoms with E-state index in [4.69, 9.17) is 46.9 Å². The largest absolute Gasteiger partial charge is 0.427 e. The molecule has 0 aromatic carbocycles. The van der Waals surface area contributed by atoms with Crippen LogP contribution in [0.4, 0.5) is 0 Å². The van der Waals surface area contributed by atoms with Crippen LogP contribution < -0.4 is 11.5 Å². The van der Waals surface area contributed by atoms with Crippen molar-refractivity contribution < 1.29 is 35.4 Å². The zero-order chi connectivity index (χ0) is 38.6. The number of hydrogen-bond donors (Lipinski definition) is 2. The van der Waals surface area contributed by atoms with Gasteiger partial charge in [0.15, 0.2) is 0 Å². The number of rotatable bonds is 26. The van der Waals surface area contributed by atoms with E-state index >= 15 is 0 Å². The van der Waals surface area contributed by atoms with Crippen LogP contribution in [0.15, 0.2) is 0 Å². The molecule has 14 nitrogen and oxygen atoms in total. The third kappa shape index (κ3) is 10.9. The second-order valence-electron chi connectivity index (χ2n) is 16.2. The van der Waals surface area contributed by atoms with Crippen LogP contribution in [0.2, 0.25) is 24.2 Å². The third-order valence-corrected chi connectivity index (χ3v) is 28.0. The summed E-state index contributed by atoms with van der Waals surface area (Å²) in [6, 6.07) is 4.06. The van der Waals surface area contributed by atoms with Crippen molar-refractivity contribution in [1.29, 1.82) is 0 Å². The van der Waals surface area contributed by atoms with E-state index in [9.17, 15) is 0 Å². The molecule has 312 valence electrons. The van der Waals surface area contributed by atoms with Gasteiger partial charge in [0.25, 0.3) is 0 Å². The topological polar surface area (TPSA) is 139 Å². The quantitative estimate of drug-likeness (QED) is 0.123. The summed E-state index contributed by atoms with van der Waals surface area (Å²) in [5.74, 6) is 0. The summed E-state index contributed by atoms with van der Waals surface area (Å²) < 4.78 is 58.3. The first-order valence-electron chi connectivity index (χ1n) is 20.4. The van der Waals surface area contributed by atoms with Gasteiger partial charge in [-0.3, -0.25) is 18.3 Å². The first kappa shape index (κ1) is 46.0. The molecule has 4 aliphatic heterocycles. The van der Waals surface area contributed by atoms with Crippen molar-refractivity contribution >= 4 is 34.9 Å². The Balaban J connectivity index is 1.51. The number of nitrogens with two attached hydrogens (primary N) is 2. The smallest absolute Gasteiger partial charge is 0.386 e. The highest BCUT2D eigenvalue weighted by Crippen LogP contribution is 2.36. The summed E-state index contributed by atoms with van der Waals surface area (Å²) in [7, 11) is 5.21. The third-order valence-electron chi connectivity index (χ3n) is 13.3. The molecule has 0 radical (unpaired) electrons. The van der Waals surface area contributed by atoms with E-state index in [1.54, 1.807) is 0 Å². The fraction of sp³-hybridized carbons (Fsp3) is 1.00. The molecule has 53 heavy (non-hydrogen) atoms. The van der Waals surface area contributed by atoms with Gasteiger partial charge in [0.05, 0.1) is 0 Å². The van der Waals surface area contributed by atoms with E-state index < -0.39 is 46.0 Å². The molecule has 0 atom stereocenters. The van der Waals surface area contributed by atoms with Crippen LogP contribution in [-0.4, -0.2) is 173 Å². The molecule has 4 fully saturated rings. The van der Waals surface area contributed by atoms with Crippen LogP contribution in [-0.2, 0) is 35.4 Å². The molecule has 4 N–H and O–H groups in total. The van der Waals surface area contributed by atoms with E-state index in [0.29, 0.717) is 0 Å². The maximum Gasteiger partial charge on any atom is 0.427 e. The van der Waals surface area contributed by atoms with Gasteiger partial charge < -0.3 is 46.9 Å². The van der Waals surface area contributed by atoms with Crippen LogP contribution >= 0.6 is 0 Å². The Morgan fingerprint density at radius 3 is 0.792 bits per heavy atom. The molecule has 0 aromatic rings. The lowest BCUT2D eigenvalue weighted by molar-refractivity contribution is 0.158. The summed E-state index contributed by atoms with van der Waals surface area (Å²) in [6.45, 7) is 7.84. The Kier molecular flexibility index (Phi) is 18.1. The van der Waals surface area contributed by atoms with E-state index in [-0.39, 0.29) is 0 Å². The lowest BCUT2D eigenvalue weighted by Crippen LogP contribution is -2.56. The Hall–Kier alpha value is 0.308. The molecular weight excluding hydrogens is 745 g/mol. The molecule has 0 unspecified atom stereocenters. The molecule has 4 rings (SSSR count). The van der Waals surface area contributed by atoms with Crippen LogP contribution in [0.5, 0.6) is 0 Å². The molecule has 18 heteroatoms. The van der Waals surface area contributed by atoms with E-state index in [2.05, 4.69) is 18.3 Å². The molecule has 0 bridgehead atoms. The van der Waals surface area contributed by atoms with Gasteiger partial charge in [-0.15, -0.1) is 0 Å². The van der Waals surface area contributed by atoms with Crippen LogP contribution in [0.1, 0.15) is 83.5 Å². The average Bonchev–Trinajstić information content (AvgIpc) is 3.97. The van der Waals surface area contributed by atoms with Crippen molar-refractivity contribution in [2.45, 2.75) is 119 Å². The number of hydrogen-bond acceptors (Lipinski definition) is 14. The molecule has 0 aliphatic carbocycles. The first-order valence-corrected chi connectivity index (χ1v) is 28.3. The van der Waals surface area contributed by atoms with Crippen LogP contribution in [0.25, 0.3) is 0 Å². The van der Waals surface area contributed by atoms with E-state index in [0.717, 1.165) is 160 Å². The summed E-state index contributed by atoms with van der Waals surface area (Å²) in [5.41, 5.74) is 14.5. The highest BCUT2D eigenvalue weighted by molar-refractivity contribution is 6.66. The van der Waals surface area contributed by atoms with Crippen molar-refractivity contribution in [3.63, 3.8) is 0 Å². The Morgan fingerprint density at radius 1 is 0.396 bits per heavy atom. The highest BCUT2D eigenvalue weighted by atomic mass is 28.4. The van der Waals surface area contributed by atoms with Gasteiger partial charge in [-0.2, -0.15) is 0 Å².